The first-order chi connectivity index (χ1) is 11.0. The Balaban J connectivity index is 1.79. The highest BCUT2D eigenvalue weighted by Gasteiger charge is 2.47. The number of carboxylic acid groups (broad SMARTS) is 1. The number of aliphatic carboxylic acids is 1. The van der Waals surface area contributed by atoms with Gasteiger partial charge in [-0.15, -0.1) is 11.3 Å². The van der Waals surface area contributed by atoms with Gasteiger partial charge in [0.2, 0.25) is 0 Å². The van der Waals surface area contributed by atoms with Gasteiger partial charge in [0.25, 0.3) is 5.91 Å². The van der Waals surface area contributed by atoms with Gasteiger partial charge < -0.3 is 14.7 Å². The Morgan fingerprint density at radius 2 is 2.30 bits per heavy atom. The summed E-state index contributed by atoms with van der Waals surface area (Å²) in [5.41, 5.74) is 1.02. The highest BCUT2D eigenvalue weighted by atomic mass is 32.1. The number of carbonyl (C=O) groups excluding carboxylic acids is 1. The fourth-order valence-corrected chi connectivity index (χ4v) is 4.94. The average molecular weight is 337 g/mol. The minimum Gasteiger partial charge on any atom is -0.481 e. The van der Waals surface area contributed by atoms with Crippen molar-refractivity contribution < 1.29 is 19.4 Å². The Morgan fingerprint density at radius 1 is 1.52 bits per heavy atom. The van der Waals surface area contributed by atoms with E-state index in [4.69, 9.17) is 4.74 Å². The number of likely N-dealkylation sites (tertiary alicyclic amines) is 1. The van der Waals surface area contributed by atoms with E-state index < -0.39 is 11.4 Å². The lowest BCUT2D eigenvalue weighted by molar-refractivity contribution is -0.151. The second-order valence-electron chi connectivity index (χ2n) is 6.89. The smallest absolute Gasteiger partial charge is 0.313 e. The first kappa shape index (κ1) is 16.5. The molecule has 0 radical (unpaired) electrons. The van der Waals surface area contributed by atoms with E-state index in [9.17, 15) is 14.7 Å². The first-order valence-electron chi connectivity index (χ1n) is 8.07. The van der Waals surface area contributed by atoms with Crippen LogP contribution in [0.4, 0.5) is 0 Å². The van der Waals surface area contributed by atoms with E-state index in [2.05, 4.69) is 6.92 Å². The molecule has 0 spiro atoms. The lowest BCUT2D eigenvalue weighted by atomic mass is 9.88. The van der Waals surface area contributed by atoms with Crippen LogP contribution in [0.15, 0.2) is 5.38 Å². The molecule has 2 atom stereocenters. The summed E-state index contributed by atoms with van der Waals surface area (Å²) in [6.07, 6.45) is 3.57. The third kappa shape index (κ3) is 2.90. The van der Waals surface area contributed by atoms with E-state index in [0.717, 1.165) is 24.8 Å². The summed E-state index contributed by atoms with van der Waals surface area (Å²) in [5, 5.41) is 11.5. The highest BCUT2D eigenvalue weighted by molar-refractivity contribution is 7.10. The van der Waals surface area contributed by atoms with Crippen molar-refractivity contribution in [2.75, 3.05) is 26.8 Å². The van der Waals surface area contributed by atoms with Crippen LogP contribution in [0, 0.1) is 11.3 Å². The molecule has 23 heavy (non-hydrogen) atoms. The van der Waals surface area contributed by atoms with Crippen LogP contribution in [-0.4, -0.2) is 48.7 Å². The van der Waals surface area contributed by atoms with Crippen LogP contribution in [0.5, 0.6) is 0 Å². The zero-order valence-corrected chi connectivity index (χ0v) is 14.4. The minimum absolute atomic E-state index is 0.0173. The van der Waals surface area contributed by atoms with Crippen LogP contribution in [0.3, 0.4) is 0 Å². The largest absolute Gasteiger partial charge is 0.481 e. The normalized spacial score (nSPS) is 27.0. The van der Waals surface area contributed by atoms with Gasteiger partial charge in [0.05, 0.1) is 12.2 Å². The maximum absolute atomic E-state index is 12.9. The maximum atomic E-state index is 12.9. The lowest BCUT2D eigenvalue weighted by Gasteiger charge is -2.24. The van der Waals surface area contributed by atoms with Gasteiger partial charge in [-0.25, -0.2) is 0 Å². The van der Waals surface area contributed by atoms with Crippen molar-refractivity contribution in [1.82, 2.24) is 4.90 Å². The highest BCUT2D eigenvalue weighted by Crippen LogP contribution is 2.36. The van der Waals surface area contributed by atoms with Crippen molar-refractivity contribution in [1.29, 1.82) is 0 Å². The summed E-state index contributed by atoms with van der Waals surface area (Å²) in [6, 6.07) is 0. The van der Waals surface area contributed by atoms with Crippen molar-refractivity contribution >= 4 is 23.2 Å². The standard InChI is InChI=1S/C17H23NO4S/c1-11-3-4-12-13(8-23-14(12)7-11)15(19)18-6-5-17(9-18,10-22-2)16(20)21/h8,11H,3-7,9-10H2,1-2H3,(H,20,21). The van der Waals surface area contributed by atoms with Crippen LogP contribution >= 0.6 is 11.3 Å². The Morgan fingerprint density at radius 3 is 3.00 bits per heavy atom. The third-order valence-corrected chi connectivity index (χ3v) is 6.20. The molecule has 1 fully saturated rings. The molecule has 0 bridgehead atoms. The number of hydrogen-bond acceptors (Lipinski definition) is 4. The molecular formula is C17H23NO4S. The number of rotatable bonds is 4. The number of hydrogen-bond donors (Lipinski definition) is 1. The predicted octanol–water partition coefficient (Wildman–Crippen LogP) is 2.44. The molecule has 0 saturated carbocycles. The molecule has 2 unspecified atom stereocenters. The molecule has 1 aromatic heterocycles. The molecule has 6 heteroatoms. The number of ether oxygens (including phenoxy) is 1. The van der Waals surface area contributed by atoms with E-state index in [0.29, 0.717) is 18.9 Å². The average Bonchev–Trinajstić information content (AvgIpc) is 3.11. The van der Waals surface area contributed by atoms with E-state index in [-0.39, 0.29) is 19.1 Å². The molecule has 1 aromatic rings. The number of carboxylic acids is 1. The summed E-state index contributed by atoms with van der Waals surface area (Å²) < 4.78 is 5.09. The summed E-state index contributed by atoms with van der Waals surface area (Å²) in [5.74, 6) is -0.218. The van der Waals surface area contributed by atoms with Gasteiger partial charge in [-0.3, -0.25) is 9.59 Å². The van der Waals surface area contributed by atoms with Crippen molar-refractivity contribution in [2.24, 2.45) is 11.3 Å². The van der Waals surface area contributed by atoms with Crippen LogP contribution in [0.1, 0.15) is 40.6 Å². The van der Waals surface area contributed by atoms with E-state index in [1.54, 1.807) is 16.2 Å². The fourth-order valence-electron chi connectivity index (χ4n) is 3.70. The molecule has 1 aliphatic heterocycles. The summed E-state index contributed by atoms with van der Waals surface area (Å²) >= 11 is 1.67. The van der Waals surface area contributed by atoms with Gasteiger partial charge in [0.1, 0.15) is 5.41 Å². The molecule has 0 aromatic carbocycles. The zero-order valence-electron chi connectivity index (χ0n) is 13.6. The predicted molar refractivity (Wildman–Crippen MR) is 88.0 cm³/mol. The van der Waals surface area contributed by atoms with Crippen molar-refractivity contribution in [2.45, 2.75) is 32.6 Å². The molecule has 1 aliphatic carbocycles. The summed E-state index contributed by atoms with van der Waals surface area (Å²) in [6.45, 7) is 3.10. The summed E-state index contributed by atoms with van der Waals surface area (Å²) in [7, 11) is 1.51. The monoisotopic (exact) mass is 337 g/mol. The van der Waals surface area contributed by atoms with E-state index in [1.165, 1.54) is 17.6 Å². The number of methoxy groups -OCH3 is 1. The Hall–Kier alpha value is -1.40. The molecule has 1 N–H and O–H groups in total. The Labute approximate surface area is 140 Å². The minimum atomic E-state index is -0.963. The van der Waals surface area contributed by atoms with Crippen molar-refractivity contribution in [3.8, 4) is 0 Å². The number of carbonyl (C=O) groups is 2. The number of thiophene rings is 1. The SMILES string of the molecule is COCC1(C(=O)O)CCN(C(=O)c2csc3c2CCC(C)C3)C1. The molecule has 126 valence electrons. The van der Waals surface area contributed by atoms with Crippen LogP contribution in [0.2, 0.25) is 0 Å². The maximum Gasteiger partial charge on any atom is 0.313 e. The second kappa shape index (κ2) is 6.24. The van der Waals surface area contributed by atoms with Gasteiger partial charge in [0, 0.05) is 30.5 Å². The second-order valence-corrected chi connectivity index (χ2v) is 7.86. The van der Waals surface area contributed by atoms with Gasteiger partial charge in [-0.1, -0.05) is 6.92 Å². The zero-order chi connectivity index (χ0) is 16.6. The van der Waals surface area contributed by atoms with Crippen molar-refractivity contribution in [3.63, 3.8) is 0 Å². The fraction of sp³-hybridized carbons (Fsp3) is 0.647. The number of amides is 1. The topological polar surface area (TPSA) is 66.8 Å². The Kier molecular flexibility index (Phi) is 4.47. The van der Waals surface area contributed by atoms with E-state index in [1.807, 2.05) is 5.38 Å². The van der Waals surface area contributed by atoms with Gasteiger partial charge >= 0.3 is 5.97 Å². The Bertz CT molecular complexity index is 626. The van der Waals surface area contributed by atoms with E-state index >= 15 is 0 Å². The quantitative estimate of drug-likeness (QED) is 0.916. The lowest BCUT2D eigenvalue weighted by Crippen LogP contribution is -2.40. The molecule has 2 heterocycles. The molecule has 1 saturated heterocycles. The number of fused-ring (bicyclic) bond motifs is 1. The molecule has 2 aliphatic rings. The van der Waals surface area contributed by atoms with Crippen LogP contribution in [-0.2, 0) is 22.4 Å². The third-order valence-electron chi connectivity index (χ3n) is 5.15. The molecule has 3 rings (SSSR count). The molecular weight excluding hydrogens is 314 g/mol. The van der Waals surface area contributed by atoms with Gasteiger partial charge in [-0.2, -0.15) is 0 Å². The molecule has 5 nitrogen and oxygen atoms in total. The molecule has 1 amide bonds. The van der Waals surface area contributed by atoms with Crippen LogP contribution < -0.4 is 0 Å². The van der Waals surface area contributed by atoms with Gasteiger partial charge in [-0.05, 0) is 37.2 Å². The number of nitrogens with zero attached hydrogens (tertiary/aromatic N) is 1. The van der Waals surface area contributed by atoms with Gasteiger partial charge in [0.15, 0.2) is 0 Å². The first-order valence-corrected chi connectivity index (χ1v) is 8.95. The summed E-state index contributed by atoms with van der Waals surface area (Å²) in [4.78, 5) is 27.5. The van der Waals surface area contributed by atoms with Crippen LogP contribution in [0.25, 0.3) is 0 Å². The van der Waals surface area contributed by atoms with Crippen molar-refractivity contribution in [3.05, 3.63) is 21.4 Å².